The predicted molar refractivity (Wildman–Crippen MR) is 118 cm³/mol. The molecule has 1 aliphatic rings. The molecule has 1 amide bonds. The number of piperazine rings is 1. The number of ether oxygens (including phenoxy) is 1. The number of amides is 1. The van der Waals surface area contributed by atoms with Gasteiger partial charge in [-0.3, -0.25) is 14.7 Å². The largest absolute Gasteiger partial charge is 0.489 e. The number of hydrogen-bond acceptors (Lipinski definition) is 4. The van der Waals surface area contributed by atoms with Gasteiger partial charge in [0.25, 0.3) is 5.91 Å². The second-order valence-electron chi connectivity index (χ2n) is 7.37. The lowest BCUT2D eigenvalue weighted by molar-refractivity contribution is 0.0628. The molecule has 0 spiro atoms. The van der Waals surface area contributed by atoms with Gasteiger partial charge in [-0.25, -0.2) is 0 Å². The van der Waals surface area contributed by atoms with Crippen LogP contribution in [-0.2, 0) is 13.2 Å². The normalized spacial score (nSPS) is 14.5. The number of carbonyl (C=O) groups excluding carboxylic acids is 1. The van der Waals surface area contributed by atoms with E-state index in [1.165, 1.54) is 5.56 Å². The van der Waals surface area contributed by atoms with Crippen LogP contribution in [0.5, 0.6) is 5.75 Å². The Morgan fingerprint density at radius 3 is 2.37 bits per heavy atom. The summed E-state index contributed by atoms with van der Waals surface area (Å²) in [7, 11) is 0. The van der Waals surface area contributed by atoms with Crippen LogP contribution in [0.2, 0.25) is 5.02 Å². The summed E-state index contributed by atoms with van der Waals surface area (Å²) >= 11 is 6.07. The van der Waals surface area contributed by atoms with Gasteiger partial charge in [-0.05, 0) is 59.7 Å². The molecule has 154 valence electrons. The number of aromatic nitrogens is 1. The quantitative estimate of drug-likeness (QED) is 0.596. The minimum atomic E-state index is 0.0677. The number of rotatable bonds is 6. The van der Waals surface area contributed by atoms with Crippen molar-refractivity contribution in [3.63, 3.8) is 0 Å². The fourth-order valence-corrected chi connectivity index (χ4v) is 3.74. The summed E-state index contributed by atoms with van der Waals surface area (Å²) in [4.78, 5) is 21.1. The monoisotopic (exact) mass is 421 g/mol. The summed E-state index contributed by atoms with van der Waals surface area (Å²) < 4.78 is 5.78. The lowest BCUT2D eigenvalue weighted by Crippen LogP contribution is -2.48. The first-order valence-electron chi connectivity index (χ1n) is 10.1. The molecule has 0 radical (unpaired) electrons. The second kappa shape index (κ2) is 9.74. The van der Waals surface area contributed by atoms with E-state index in [9.17, 15) is 4.79 Å². The molecule has 1 saturated heterocycles. The molecule has 30 heavy (non-hydrogen) atoms. The summed E-state index contributed by atoms with van der Waals surface area (Å²) in [6.07, 6.45) is 3.49. The maximum atomic E-state index is 12.8. The van der Waals surface area contributed by atoms with E-state index in [1.54, 1.807) is 12.4 Å². The highest BCUT2D eigenvalue weighted by molar-refractivity contribution is 6.30. The van der Waals surface area contributed by atoms with Gasteiger partial charge in [-0.2, -0.15) is 0 Å². The van der Waals surface area contributed by atoms with Gasteiger partial charge in [0, 0.05) is 55.7 Å². The van der Waals surface area contributed by atoms with Crippen molar-refractivity contribution >= 4 is 17.5 Å². The Bertz CT molecular complexity index is 971. The predicted octanol–water partition coefficient (Wildman–Crippen LogP) is 4.27. The minimum Gasteiger partial charge on any atom is -0.489 e. The van der Waals surface area contributed by atoms with Crippen molar-refractivity contribution in [2.45, 2.75) is 13.2 Å². The van der Waals surface area contributed by atoms with Crippen molar-refractivity contribution in [1.29, 1.82) is 0 Å². The fraction of sp³-hybridized carbons (Fsp3) is 0.250. The molecule has 1 aromatic heterocycles. The lowest BCUT2D eigenvalue weighted by Gasteiger charge is -2.34. The molecule has 0 aliphatic carbocycles. The third-order valence-corrected chi connectivity index (χ3v) is 5.45. The summed E-state index contributed by atoms with van der Waals surface area (Å²) in [5, 5.41) is 0.759. The van der Waals surface area contributed by atoms with Crippen molar-refractivity contribution in [3.8, 4) is 5.75 Å². The van der Waals surface area contributed by atoms with Gasteiger partial charge in [0.2, 0.25) is 0 Å². The van der Waals surface area contributed by atoms with Gasteiger partial charge in [0.05, 0.1) is 0 Å². The van der Waals surface area contributed by atoms with E-state index >= 15 is 0 Å². The first kappa shape index (κ1) is 20.4. The molecule has 0 unspecified atom stereocenters. The molecule has 0 saturated carbocycles. The molecule has 0 bridgehead atoms. The van der Waals surface area contributed by atoms with Crippen LogP contribution in [0.3, 0.4) is 0 Å². The maximum absolute atomic E-state index is 12.8. The average Bonchev–Trinajstić information content (AvgIpc) is 2.79. The first-order chi connectivity index (χ1) is 14.7. The number of halogens is 1. The number of carbonyl (C=O) groups is 1. The van der Waals surface area contributed by atoms with Crippen LogP contribution >= 0.6 is 11.6 Å². The van der Waals surface area contributed by atoms with Crippen LogP contribution in [0.25, 0.3) is 0 Å². The van der Waals surface area contributed by atoms with Gasteiger partial charge in [-0.15, -0.1) is 0 Å². The summed E-state index contributed by atoms with van der Waals surface area (Å²) in [5.74, 6) is 0.813. The van der Waals surface area contributed by atoms with Crippen molar-refractivity contribution in [2.24, 2.45) is 0 Å². The maximum Gasteiger partial charge on any atom is 0.253 e. The van der Waals surface area contributed by atoms with E-state index in [-0.39, 0.29) is 5.91 Å². The fourth-order valence-electron chi connectivity index (χ4n) is 3.52. The smallest absolute Gasteiger partial charge is 0.253 e. The molecule has 3 aromatic rings. The molecule has 2 aromatic carbocycles. The van der Waals surface area contributed by atoms with E-state index < -0.39 is 0 Å². The Morgan fingerprint density at radius 1 is 0.933 bits per heavy atom. The van der Waals surface area contributed by atoms with Crippen LogP contribution in [-0.4, -0.2) is 46.9 Å². The molecule has 1 aliphatic heterocycles. The highest BCUT2D eigenvalue weighted by atomic mass is 35.5. The van der Waals surface area contributed by atoms with E-state index in [2.05, 4.69) is 16.0 Å². The molecule has 0 N–H and O–H groups in total. The van der Waals surface area contributed by atoms with E-state index in [0.29, 0.717) is 12.2 Å². The van der Waals surface area contributed by atoms with Crippen molar-refractivity contribution in [2.75, 3.05) is 26.2 Å². The first-order valence-corrected chi connectivity index (χ1v) is 10.4. The molecule has 1 fully saturated rings. The Labute approximate surface area is 181 Å². The molecular weight excluding hydrogens is 398 g/mol. The van der Waals surface area contributed by atoms with Crippen LogP contribution in [0.15, 0.2) is 73.1 Å². The highest BCUT2D eigenvalue weighted by Gasteiger charge is 2.22. The Morgan fingerprint density at radius 2 is 1.67 bits per heavy atom. The van der Waals surface area contributed by atoms with Gasteiger partial charge >= 0.3 is 0 Å². The SMILES string of the molecule is O=C(c1ccc(OCc2ccncc2)cc1)N1CCN(Cc2cccc(Cl)c2)CC1. The molecule has 6 heteroatoms. The van der Waals surface area contributed by atoms with Gasteiger partial charge in [0.15, 0.2) is 0 Å². The van der Waals surface area contributed by atoms with Crippen molar-refractivity contribution in [1.82, 2.24) is 14.8 Å². The topological polar surface area (TPSA) is 45.7 Å². The zero-order valence-corrected chi connectivity index (χ0v) is 17.5. The van der Waals surface area contributed by atoms with Crippen LogP contribution in [0.1, 0.15) is 21.5 Å². The molecule has 4 rings (SSSR count). The molecule has 5 nitrogen and oxygen atoms in total. The second-order valence-corrected chi connectivity index (χ2v) is 7.80. The average molecular weight is 422 g/mol. The standard InChI is InChI=1S/C24H24ClN3O2/c25-22-3-1-2-20(16-22)17-27-12-14-28(15-13-27)24(29)21-4-6-23(7-5-21)30-18-19-8-10-26-11-9-19/h1-11,16H,12-15,17-18H2. The number of pyridine rings is 1. The molecule has 2 heterocycles. The van der Waals surface area contributed by atoms with Gasteiger partial charge in [-0.1, -0.05) is 23.7 Å². The summed E-state index contributed by atoms with van der Waals surface area (Å²) in [6, 6.07) is 19.2. The third kappa shape index (κ3) is 5.38. The summed E-state index contributed by atoms with van der Waals surface area (Å²) in [5.41, 5.74) is 2.94. The molecule has 0 atom stereocenters. The lowest BCUT2D eigenvalue weighted by atomic mass is 10.1. The Balaban J connectivity index is 1.27. The van der Waals surface area contributed by atoms with E-state index in [4.69, 9.17) is 16.3 Å². The van der Waals surface area contributed by atoms with Crippen molar-refractivity contribution < 1.29 is 9.53 Å². The van der Waals surface area contributed by atoms with Crippen LogP contribution < -0.4 is 4.74 Å². The number of hydrogen-bond donors (Lipinski definition) is 0. The van der Waals surface area contributed by atoms with E-state index in [0.717, 1.165) is 49.1 Å². The van der Waals surface area contributed by atoms with Crippen molar-refractivity contribution in [3.05, 3.63) is 94.8 Å². The number of nitrogens with zero attached hydrogens (tertiary/aromatic N) is 3. The minimum absolute atomic E-state index is 0.0677. The highest BCUT2D eigenvalue weighted by Crippen LogP contribution is 2.18. The number of benzene rings is 2. The van der Waals surface area contributed by atoms with E-state index in [1.807, 2.05) is 59.5 Å². The summed E-state index contributed by atoms with van der Waals surface area (Å²) in [6.45, 7) is 4.48. The zero-order chi connectivity index (χ0) is 20.8. The Hall–Kier alpha value is -2.89. The van der Waals surface area contributed by atoms with Gasteiger partial charge in [0.1, 0.15) is 12.4 Å². The van der Waals surface area contributed by atoms with Crippen LogP contribution in [0, 0.1) is 0 Å². The zero-order valence-electron chi connectivity index (χ0n) is 16.7. The van der Waals surface area contributed by atoms with Gasteiger partial charge < -0.3 is 9.64 Å². The third-order valence-electron chi connectivity index (χ3n) is 5.21. The van der Waals surface area contributed by atoms with Crippen LogP contribution in [0.4, 0.5) is 0 Å². The molecular formula is C24H24ClN3O2. The Kier molecular flexibility index (Phi) is 6.62.